The number of hydrogen-bond acceptors (Lipinski definition) is 4. The lowest BCUT2D eigenvalue weighted by atomic mass is 9.93. The third-order valence-corrected chi connectivity index (χ3v) is 3.67. The zero-order valence-electron chi connectivity index (χ0n) is 13.6. The molecule has 2 N–H and O–H groups in total. The van der Waals surface area contributed by atoms with Crippen molar-refractivity contribution in [3.05, 3.63) is 35.9 Å². The van der Waals surface area contributed by atoms with Gasteiger partial charge in [0, 0.05) is 25.6 Å². The second-order valence-electron chi connectivity index (χ2n) is 6.59. The van der Waals surface area contributed by atoms with Crippen LogP contribution in [-0.4, -0.2) is 48.9 Å². The molecule has 122 valence electrons. The van der Waals surface area contributed by atoms with Gasteiger partial charge in [0.25, 0.3) is 0 Å². The van der Waals surface area contributed by atoms with E-state index in [0.29, 0.717) is 26.2 Å². The Labute approximate surface area is 132 Å². The van der Waals surface area contributed by atoms with Crippen molar-refractivity contribution < 1.29 is 14.3 Å². The zero-order valence-corrected chi connectivity index (χ0v) is 13.6. The maximum Gasteiger partial charge on any atom is 0.410 e. The van der Waals surface area contributed by atoms with E-state index in [-0.39, 0.29) is 18.1 Å². The van der Waals surface area contributed by atoms with Crippen LogP contribution >= 0.6 is 0 Å². The fourth-order valence-corrected chi connectivity index (χ4v) is 2.62. The first-order valence-electron chi connectivity index (χ1n) is 7.75. The van der Waals surface area contributed by atoms with Gasteiger partial charge < -0.3 is 20.1 Å². The highest BCUT2D eigenvalue weighted by molar-refractivity contribution is 5.68. The van der Waals surface area contributed by atoms with Gasteiger partial charge in [-0.15, -0.1) is 0 Å². The van der Waals surface area contributed by atoms with Crippen LogP contribution in [0.5, 0.6) is 0 Å². The average molecular weight is 306 g/mol. The van der Waals surface area contributed by atoms with Crippen LogP contribution in [0.15, 0.2) is 30.3 Å². The largest absolute Gasteiger partial charge is 0.444 e. The lowest BCUT2D eigenvalue weighted by Gasteiger charge is -2.29. The molecule has 5 heteroatoms. The molecule has 22 heavy (non-hydrogen) atoms. The fourth-order valence-electron chi connectivity index (χ4n) is 2.62. The molecule has 1 heterocycles. The van der Waals surface area contributed by atoms with Crippen molar-refractivity contribution in [3.63, 3.8) is 0 Å². The van der Waals surface area contributed by atoms with E-state index < -0.39 is 5.60 Å². The van der Waals surface area contributed by atoms with Crippen LogP contribution in [-0.2, 0) is 9.47 Å². The Kier molecular flexibility index (Phi) is 5.42. The molecule has 1 aromatic rings. The number of carbonyl (C=O) groups excluding carboxylic acids is 1. The number of amides is 1. The van der Waals surface area contributed by atoms with Crippen LogP contribution in [0.3, 0.4) is 0 Å². The highest BCUT2D eigenvalue weighted by Gasteiger charge is 2.32. The Hall–Kier alpha value is -1.59. The lowest BCUT2D eigenvalue weighted by molar-refractivity contribution is 0.0233. The van der Waals surface area contributed by atoms with Crippen molar-refractivity contribution in [3.8, 4) is 0 Å². The van der Waals surface area contributed by atoms with Gasteiger partial charge in [-0.1, -0.05) is 30.3 Å². The minimum atomic E-state index is -0.500. The van der Waals surface area contributed by atoms with E-state index in [1.165, 1.54) is 0 Å². The molecule has 1 aliphatic rings. The molecule has 1 amide bonds. The van der Waals surface area contributed by atoms with E-state index in [2.05, 4.69) is 12.1 Å². The van der Waals surface area contributed by atoms with Crippen LogP contribution in [0, 0.1) is 0 Å². The predicted octanol–water partition coefficient (Wildman–Crippen LogP) is 2.36. The summed E-state index contributed by atoms with van der Waals surface area (Å²) in [6, 6.07) is 10.1. The number of hydrogen-bond donors (Lipinski definition) is 1. The van der Waals surface area contributed by atoms with Gasteiger partial charge in [-0.25, -0.2) is 4.79 Å². The Morgan fingerprint density at radius 2 is 2.05 bits per heavy atom. The van der Waals surface area contributed by atoms with Crippen molar-refractivity contribution in [1.29, 1.82) is 0 Å². The summed E-state index contributed by atoms with van der Waals surface area (Å²) >= 11 is 0. The normalized spacial score (nSPS) is 23.0. The molecule has 0 radical (unpaired) electrons. The van der Waals surface area contributed by atoms with E-state index in [1.54, 1.807) is 4.90 Å². The SMILES string of the molecule is CC(C)(C)OC(=O)N1CCO[C@H](CN)C(c2ccccc2)C1. The smallest absolute Gasteiger partial charge is 0.410 e. The summed E-state index contributed by atoms with van der Waals surface area (Å²) in [6.07, 6.45) is -0.385. The molecule has 0 bridgehead atoms. The van der Waals surface area contributed by atoms with E-state index in [0.717, 1.165) is 5.56 Å². The number of ether oxygens (including phenoxy) is 2. The van der Waals surface area contributed by atoms with E-state index >= 15 is 0 Å². The molecule has 2 rings (SSSR count). The van der Waals surface area contributed by atoms with Gasteiger partial charge in [0.1, 0.15) is 5.60 Å². The maximum absolute atomic E-state index is 12.4. The molecule has 1 aliphatic heterocycles. The average Bonchev–Trinajstić information content (AvgIpc) is 2.68. The molecule has 5 nitrogen and oxygen atoms in total. The molecule has 2 atom stereocenters. The van der Waals surface area contributed by atoms with Crippen molar-refractivity contribution in [1.82, 2.24) is 4.90 Å². The molecule has 0 spiro atoms. The van der Waals surface area contributed by atoms with Gasteiger partial charge in [-0.05, 0) is 26.3 Å². The number of nitrogens with zero attached hydrogens (tertiary/aromatic N) is 1. The second-order valence-corrected chi connectivity index (χ2v) is 6.59. The molecule has 1 saturated heterocycles. The van der Waals surface area contributed by atoms with E-state index in [9.17, 15) is 4.79 Å². The summed E-state index contributed by atoms with van der Waals surface area (Å²) < 4.78 is 11.3. The number of benzene rings is 1. The predicted molar refractivity (Wildman–Crippen MR) is 85.8 cm³/mol. The Morgan fingerprint density at radius 1 is 1.36 bits per heavy atom. The Balaban J connectivity index is 2.17. The number of carbonyl (C=O) groups is 1. The summed E-state index contributed by atoms with van der Waals surface area (Å²) in [4.78, 5) is 14.1. The van der Waals surface area contributed by atoms with Gasteiger partial charge in [-0.2, -0.15) is 0 Å². The van der Waals surface area contributed by atoms with Gasteiger partial charge >= 0.3 is 6.09 Å². The highest BCUT2D eigenvalue weighted by atomic mass is 16.6. The van der Waals surface area contributed by atoms with Gasteiger partial charge in [0.15, 0.2) is 0 Å². The van der Waals surface area contributed by atoms with Crippen molar-refractivity contribution in [2.75, 3.05) is 26.2 Å². The summed E-state index contributed by atoms with van der Waals surface area (Å²) in [5.74, 6) is 0.0567. The first-order valence-corrected chi connectivity index (χ1v) is 7.75. The van der Waals surface area contributed by atoms with Crippen LogP contribution in [0.25, 0.3) is 0 Å². The summed E-state index contributed by atoms with van der Waals surface area (Å²) in [5.41, 5.74) is 6.50. The van der Waals surface area contributed by atoms with E-state index in [1.807, 2.05) is 39.0 Å². The first kappa shape index (κ1) is 16.8. The number of rotatable bonds is 2. The van der Waals surface area contributed by atoms with Gasteiger partial charge in [0.05, 0.1) is 12.7 Å². The van der Waals surface area contributed by atoms with Crippen molar-refractivity contribution >= 4 is 6.09 Å². The Bertz CT molecular complexity index is 484. The van der Waals surface area contributed by atoms with Gasteiger partial charge in [-0.3, -0.25) is 0 Å². The zero-order chi connectivity index (χ0) is 16.2. The Morgan fingerprint density at radius 3 is 2.64 bits per heavy atom. The third-order valence-electron chi connectivity index (χ3n) is 3.67. The molecule has 1 unspecified atom stereocenters. The highest BCUT2D eigenvalue weighted by Crippen LogP contribution is 2.26. The quantitative estimate of drug-likeness (QED) is 0.911. The monoisotopic (exact) mass is 306 g/mol. The maximum atomic E-state index is 12.4. The minimum Gasteiger partial charge on any atom is -0.444 e. The van der Waals surface area contributed by atoms with Crippen molar-refractivity contribution in [2.45, 2.75) is 38.4 Å². The summed E-state index contributed by atoms with van der Waals surface area (Å²) in [7, 11) is 0. The standard InChI is InChI=1S/C17H26N2O3/c1-17(2,3)22-16(20)19-9-10-21-15(11-18)14(12-19)13-7-5-4-6-8-13/h4-8,14-15H,9-12,18H2,1-3H3/t14?,15-/m1/s1. The summed E-state index contributed by atoms with van der Waals surface area (Å²) in [5, 5.41) is 0. The summed E-state index contributed by atoms with van der Waals surface area (Å²) in [6.45, 7) is 7.60. The molecular weight excluding hydrogens is 280 g/mol. The van der Waals surface area contributed by atoms with Crippen LogP contribution in [0.4, 0.5) is 4.79 Å². The molecule has 0 saturated carbocycles. The van der Waals surface area contributed by atoms with Crippen molar-refractivity contribution in [2.24, 2.45) is 5.73 Å². The molecule has 0 aliphatic carbocycles. The van der Waals surface area contributed by atoms with Crippen LogP contribution < -0.4 is 5.73 Å². The second kappa shape index (κ2) is 7.11. The van der Waals surface area contributed by atoms with Crippen LogP contribution in [0.2, 0.25) is 0 Å². The first-order chi connectivity index (χ1) is 10.4. The molecule has 1 fully saturated rings. The van der Waals surface area contributed by atoms with Crippen LogP contribution in [0.1, 0.15) is 32.3 Å². The third kappa shape index (κ3) is 4.45. The van der Waals surface area contributed by atoms with E-state index in [4.69, 9.17) is 15.2 Å². The number of nitrogens with two attached hydrogens (primary N) is 1. The topological polar surface area (TPSA) is 64.8 Å². The molecule has 0 aromatic heterocycles. The molecule has 1 aromatic carbocycles. The van der Waals surface area contributed by atoms with Gasteiger partial charge in [0.2, 0.25) is 0 Å². The molecular formula is C17H26N2O3. The minimum absolute atomic E-state index is 0.0567. The lowest BCUT2D eigenvalue weighted by Crippen LogP contribution is -2.40. The fraction of sp³-hybridized carbons (Fsp3) is 0.588.